The van der Waals surface area contributed by atoms with Crippen molar-refractivity contribution in [1.29, 1.82) is 0 Å². The number of halogens is 3. The van der Waals surface area contributed by atoms with E-state index < -0.39 is 17.0 Å². The van der Waals surface area contributed by atoms with E-state index in [4.69, 9.17) is 0 Å². The van der Waals surface area contributed by atoms with E-state index in [0.29, 0.717) is 5.69 Å². The molecule has 3 aliphatic rings. The summed E-state index contributed by atoms with van der Waals surface area (Å²) in [6.07, 6.45) is -2.78. The van der Waals surface area contributed by atoms with Gasteiger partial charge in [0.15, 0.2) is 0 Å². The Balaban J connectivity index is 1.51. The SMILES string of the molecule is Cc1ccc(NC(=O)C23CC(C(F)(F)F)(C2)C3)cc1-c1ccccn1. The molecule has 0 aliphatic heterocycles. The number of alkyl halides is 3. The lowest BCUT2D eigenvalue weighted by Crippen LogP contribution is -2.71. The first-order chi connectivity index (χ1) is 11.7. The van der Waals surface area contributed by atoms with E-state index in [1.165, 1.54) is 0 Å². The third-order valence-electron chi connectivity index (χ3n) is 5.55. The number of aromatic nitrogens is 1. The van der Waals surface area contributed by atoms with Crippen LogP contribution in [0.1, 0.15) is 24.8 Å². The van der Waals surface area contributed by atoms with Crippen LogP contribution in [0.15, 0.2) is 42.6 Å². The van der Waals surface area contributed by atoms with Crippen molar-refractivity contribution in [2.45, 2.75) is 32.4 Å². The van der Waals surface area contributed by atoms with E-state index in [0.717, 1.165) is 16.8 Å². The summed E-state index contributed by atoms with van der Waals surface area (Å²) in [5.74, 6) is -0.311. The normalized spacial score (nSPS) is 27.2. The van der Waals surface area contributed by atoms with Gasteiger partial charge in [-0.05, 0) is 56.0 Å². The first-order valence-corrected chi connectivity index (χ1v) is 8.15. The molecule has 0 saturated heterocycles. The molecule has 3 aliphatic carbocycles. The van der Waals surface area contributed by atoms with Crippen LogP contribution < -0.4 is 5.32 Å². The predicted molar refractivity (Wildman–Crippen MR) is 87.8 cm³/mol. The number of aryl methyl sites for hydroxylation is 1. The van der Waals surface area contributed by atoms with Crippen LogP contribution in [0, 0.1) is 17.8 Å². The summed E-state index contributed by atoms with van der Waals surface area (Å²) >= 11 is 0. The summed E-state index contributed by atoms with van der Waals surface area (Å²) in [7, 11) is 0. The van der Waals surface area contributed by atoms with Crippen molar-refractivity contribution in [2.24, 2.45) is 10.8 Å². The highest BCUT2D eigenvalue weighted by atomic mass is 19.4. The topological polar surface area (TPSA) is 42.0 Å². The van der Waals surface area contributed by atoms with Crippen LogP contribution >= 0.6 is 0 Å². The number of rotatable bonds is 3. The van der Waals surface area contributed by atoms with Crippen molar-refractivity contribution < 1.29 is 18.0 Å². The van der Waals surface area contributed by atoms with Crippen LogP contribution in [0.2, 0.25) is 0 Å². The van der Waals surface area contributed by atoms with Crippen molar-refractivity contribution in [3.8, 4) is 11.3 Å². The number of carbonyl (C=O) groups excluding carboxylic acids is 1. The van der Waals surface area contributed by atoms with Crippen LogP contribution in [-0.4, -0.2) is 17.1 Å². The molecular formula is C19H17F3N2O. The molecule has 130 valence electrons. The lowest BCUT2D eigenvalue weighted by Gasteiger charge is -2.69. The Morgan fingerprint density at radius 1 is 1.16 bits per heavy atom. The number of pyridine rings is 1. The lowest BCUT2D eigenvalue weighted by atomic mass is 9.34. The molecule has 3 nitrogen and oxygen atoms in total. The van der Waals surface area contributed by atoms with Crippen molar-refractivity contribution in [3.63, 3.8) is 0 Å². The molecule has 0 radical (unpaired) electrons. The van der Waals surface area contributed by atoms with Gasteiger partial charge < -0.3 is 5.32 Å². The zero-order valence-corrected chi connectivity index (χ0v) is 13.7. The van der Waals surface area contributed by atoms with Gasteiger partial charge in [-0.15, -0.1) is 0 Å². The first-order valence-electron chi connectivity index (χ1n) is 8.15. The summed E-state index contributed by atoms with van der Waals surface area (Å²) in [5, 5.41) is 2.79. The second kappa shape index (κ2) is 5.07. The molecule has 1 amide bonds. The fraction of sp³-hybridized carbons (Fsp3) is 0.368. The molecule has 2 bridgehead atoms. The number of anilines is 1. The lowest BCUT2D eigenvalue weighted by molar-refractivity contribution is -0.349. The van der Waals surface area contributed by atoms with Crippen LogP contribution in [0.4, 0.5) is 18.9 Å². The molecule has 1 aromatic carbocycles. The molecule has 0 unspecified atom stereocenters. The zero-order chi connectivity index (χ0) is 17.9. The van der Waals surface area contributed by atoms with Gasteiger partial charge in [-0.1, -0.05) is 12.1 Å². The van der Waals surface area contributed by atoms with E-state index in [9.17, 15) is 18.0 Å². The molecule has 3 fully saturated rings. The average molecular weight is 346 g/mol. The van der Waals surface area contributed by atoms with Gasteiger partial charge in [0, 0.05) is 17.4 Å². The largest absolute Gasteiger partial charge is 0.394 e. The number of nitrogens with one attached hydrogen (secondary N) is 1. The highest BCUT2D eigenvalue weighted by molar-refractivity contribution is 5.98. The van der Waals surface area contributed by atoms with E-state index in [1.807, 2.05) is 37.3 Å². The number of carbonyl (C=O) groups is 1. The van der Waals surface area contributed by atoms with Gasteiger partial charge in [0.1, 0.15) is 0 Å². The number of amides is 1. The second-order valence-corrected chi connectivity index (χ2v) is 7.29. The maximum Gasteiger partial charge on any atom is 0.394 e. The minimum absolute atomic E-state index is 0.0890. The van der Waals surface area contributed by atoms with Gasteiger partial charge in [0.2, 0.25) is 5.91 Å². The Morgan fingerprint density at radius 2 is 1.88 bits per heavy atom. The summed E-state index contributed by atoms with van der Waals surface area (Å²) < 4.78 is 38.8. The molecule has 5 rings (SSSR count). The van der Waals surface area contributed by atoms with Gasteiger partial charge >= 0.3 is 6.18 Å². The smallest absolute Gasteiger partial charge is 0.326 e. The van der Waals surface area contributed by atoms with Gasteiger partial charge in [-0.2, -0.15) is 13.2 Å². The summed E-state index contributed by atoms with van der Waals surface area (Å²) in [6, 6.07) is 11.0. The highest BCUT2D eigenvalue weighted by Gasteiger charge is 2.80. The van der Waals surface area contributed by atoms with Gasteiger partial charge in [-0.25, -0.2) is 0 Å². The van der Waals surface area contributed by atoms with E-state index in [-0.39, 0.29) is 25.2 Å². The summed E-state index contributed by atoms with van der Waals surface area (Å²) in [4.78, 5) is 16.8. The maximum atomic E-state index is 12.9. The number of nitrogens with zero attached hydrogens (tertiary/aromatic N) is 1. The van der Waals surface area contributed by atoms with Crippen LogP contribution in [0.25, 0.3) is 11.3 Å². The van der Waals surface area contributed by atoms with Crippen molar-refractivity contribution in [2.75, 3.05) is 5.32 Å². The molecule has 1 aromatic heterocycles. The van der Waals surface area contributed by atoms with E-state index >= 15 is 0 Å². The predicted octanol–water partition coefficient (Wildman–Crippen LogP) is 4.73. The maximum absolute atomic E-state index is 12.9. The monoisotopic (exact) mass is 346 g/mol. The summed E-state index contributed by atoms with van der Waals surface area (Å²) in [6.45, 7) is 1.95. The molecule has 2 aromatic rings. The number of hydrogen-bond donors (Lipinski definition) is 1. The fourth-order valence-corrected chi connectivity index (χ4v) is 4.09. The Labute approximate surface area is 143 Å². The zero-order valence-electron chi connectivity index (χ0n) is 13.7. The first kappa shape index (κ1) is 16.1. The quantitative estimate of drug-likeness (QED) is 0.873. The number of benzene rings is 1. The van der Waals surface area contributed by atoms with Crippen molar-refractivity contribution >= 4 is 11.6 Å². The van der Waals surface area contributed by atoms with Gasteiger partial charge in [-0.3, -0.25) is 9.78 Å². The molecule has 1 N–H and O–H groups in total. The third kappa shape index (κ3) is 2.34. The molecule has 6 heteroatoms. The average Bonchev–Trinajstić information content (AvgIpc) is 2.46. The van der Waals surface area contributed by atoms with E-state index in [1.54, 1.807) is 12.3 Å². The van der Waals surface area contributed by atoms with Crippen molar-refractivity contribution in [3.05, 3.63) is 48.2 Å². The molecule has 0 spiro atoms. The molecule has 0 atom stereocenters. The molecular weight excluding hydrogens is 329 g/mol. The Bertz CT molecular complexity index is 826. The van der Waals surface area contributed by atoms with Gasteiger partial charge in [0.05, 0.1) is 16.5 Å². The Morgan fingerprint density at radius 3 is 2.48 bits per heavy atom. The second-order valence-electron chi connectivity index (χ2n) is 7.29. The Kier molecular flexibility index (Phi) is 3.27. The molecule has 25 heavy (non-hydrogen) atoms. The van der Waals surface area contributed by atoms with Crippen LogP contribution in [0.5, 0.6) is 0 Å². The minimum Gasteiger partial charge on any atom is -0.326 e. The summed E-state index contributed by atoms with van der Waals surface area (Å²) in [5.41, 5.74) is 0.822. The minimum atomic E-state index is -4.20. The van der Waals surface area contributed by atoms with Crippen LogP contribution in [0.3, 0.4) is 0 Å². The standard InChI is InChI=1S/C19H17F3N2O/c1-12-5-6-13(8-14(12)15-4-2-3-7-23-15)24-16(25)17-9-18(10-17,11-17)19(20,21)22/h2-8H,9-11H2,1H3,(H,24,25). The van der Waals surface area contributed by atoms with Gasteiger partial charge in [0.25, 0.3) is 0 Å². The Hall–Kier alpha value is -2.37. The fourth-order valence-electron chi connectivity index (χ4n) is 4.09. The third-order valence-corrected chi connectivity index (χ3v) is 5.55. The number of hydrogen-bond acceptors (Lipinski definition) is 2. The molecule has 3 saturated carbocycles. The molecule has 1 heterocycles. The van der Waals surface area contributed by atoms with Crippen LogP contribution in [-0.2, 0) is 4.79 Å². The van der Waals surface area contributed by atoms with E-state index in [2.05, 4.69) is 10.3 Å². The van der Waals surface area contributed by atoms with Crippen molar-refractivity contribution in [1.82, 2.24) is 4.98 Å². The highest BCUT2D eigenvalue weighted by Crippen LogP contribution is 2.78.